The van der Waals surface area contributed by atoms with Gasteiger partial charge in [0.05, 0.1) is 36.6 Å². The molecule has 5 rings (SSSR count). The molecule has 0 unspecified atom stereocenters. The lowest BCUT2D eigenvalue weighted by molar-refractivity contribution is -0.127. The number of benzene rings is 3. The largest absolute Gasteiger partial charge is 0.497 e. The van der Waals surface area contributed by atoms with E-state index in [2.05, 4.69) is 0 Å². The van der Waals surface area contributed by atoms with Gasteiger partial charge in [-0.1, -0.05) is 47.2 Å². The number of halogens is 1. The van der Waals surface area contributed by atoms with E-state index in [0.717, 1.165) is 11.1 Å². The first-order valence-electron chi connectivity index (χ1n) is 15.4. The molecule has 0 fully saturated rings. The molecular weight excluding hydrogens is 638 g/mol. The van der Waals surface area contributed by atoms with Gasteiger partial charge in [0, 0.05) is 29.2 Å². The number of hydrogen-bond donors (Lipinski definition) is 0. The molecule has 1 aliphatic rings. The fourth-order valence-corrected chi connectivity index (χ4v) is 6.78. The number of thiazole rings is 1. The van der Waals surface area contributed by atoms with Crippen LogP contribution < -0.4 is 33.8 Å². The summed E-state index contributed by atoms with van der Waals surface area (Å²) < 4.78 is 25.3. The predicted molar refractivity (Wildman–Crippen MR) is 185 cm³/mol. The minimum absolute atomic E-state index is 0.186. The van der Waals surface area contributed by atoms with Crippen molar-refractivity contribution in [2.45, 2.75) is 40.3 Å². The molecule has 0 radical (unpaired) electrons. The fourth-order valence-electron chi connectivity index (χ4n) is 5.55. The first-order chi connectivity index (χ1) is 22.7. The van der Waals surface area contributed by atoms with E-state index in [1.807, 2.05) is 76.2 Å². The van der Waals surface area contributed by atoms with Crippen LogP contribution in [-0.2, 0) is 11.4 Å². The lowest BCUT2D eigenvalue weighted by Gasteiger charge is -2.30. The van der Waals surface area contributed by atoms with Crippen LogP contribution in [0.2, 0.25) is 5.02 Å². The minimum Gasteiger partial charge on any atom is -0.497 e. The van der Waals surface area contributed by atoms with Crippen LogP contribution in [0.5, 0.6) is 23.0 Å². The number of carbonyl (C=O) groups is 1. The Kier molecular flexibility index (Phi) is 10.7. The maximum Gasteiger partial charge on any atom is 0.271 e. The second kappa shape index (κ2) is 14.9. The van der Waals surface area contributed by atoms with E-state index >= 15 is 0 Å². The molecule has 0 aliphatic carbocycles. The van der Waals surface area contributed by atoms with Crippen LogP contribution in [0.15, 0.2) is 81.7 Å². The van der Waals surface area contributed by atoms with Crippen molar-refractivity contribution < 1.29 is 23.7 Å². The number of nitrogens with zero attached hydrogens (tertiary/aromatic N) is 3. The van der Waals surface area contributed by atoms with Gasteiger partial charge in [0.1, 0.15) is 24.1 Å². The van der Waals surface area contributed by atoms with Crippen LogP contribution in [0, 0.1) is 0 Å². The number of rotatable bonds is 12. The van der Waals surface area contributed by atoms with Gasteiger partial charge in [0.25, 0.3) is 11.5 Å². The molecule has 0 bridgehead atoms. The third-order valence-corrected chi connectivity index (χ3v) is 9.29. The van der Waals surface area contributed by atoms with Crippen LogP contribution in [0.25, 0.3) is 6.08 Å². The molecule has 246 valence electrons. The number of likely N-dealkylation sites (N-methyl/N-ethyl adjacent to an activating group) is 1. The molecule has 1 aliphatic heterocycles. The number of methoxy groups -OCH3 is 2. The summed E-state index contributed by atoms with van der Waals surface area (Å²) in [6, 6.07) is 17.6. The molecule has 0 spiro atoms. The number of fused-ring (bicyclic) bond motifs is 1. The Labute approximate surface area is 282 Å². The number of carbonyl (C=O) groups excluding carboxylic acids is 1. The standard InChI is InChI=1S/C36H38ClN3O6S/c1-7-39(8-2)35(42)32-22(4)38-36-40(33(32)26-20-25(43-5)15-17-28(26)44-6)34(41)31(47-36)19-23-14-16-29(30(18-23)45-9-3)46-21-24-12-10-11-13-27(24)37/h10-20,33H,7-9,21H2,1-6H3/b31-19+/t33-/m1/s1. The van der Waals surface area contributed by atoms with Crippen LogP contribution in [-0.4, -0.2) is 49.3 Å². The van der Waals surface area contributed by atoms with Gasteiger partial charge in [-0.25, -0.2) is 4.99 Å². The molecule has 2 heterocycles. The van der Waals surface area contributed by atoms with E-state index in [9.17, 15) is 9.59 Å². The molecule has 11 heteroatoms. The zero-order chi connectivity index (χ0) is 33.7. The van der Waals surface area contributed by atoms with E-state index in [4.69, 9.17) is 35.5 Å². The van der Waals surface area contributed by atoms with Gasteiger partial charge in [-0.15, -0.1) is 0 Å². The molecule has 1 atom stereocenters. The molecule has 3 aromatic carbocycles. The second-order valence-corrected chi connectivity index (χ2v) is 12.1. The number of aromatic nitrogens is 1. The van der Waals surface area contributed by atoms with Crippen LogP contribution in [0.1, 0.15) is 50.4 Å². The predicted octanol–water partition coefficient (Wildman–Crippen LogP) is 5.75. The Morgan fingerprint density at radius 1 is 0.979 bits per heavy atom. The quantitative estimate of drug-likeness (QED) is 0.190. The zero-order valence-electron chi connectivity index (χ0n) is 27.3. The minimum atomic E-state index is -0.786. The van der Waals surface area contributed by atoms with Crippen molar-refractivity contribution in [2.75, 3.05) is 33.9 Å². The summed E-state index contributed by atoms with van der Waals surface area (Å²) in [6.07, 6.45) is 1.80. The lowest BCUT2D eigenvalue weighted by Crippen LogP contribution is -2.43. The monoisotopic (exact) mass is 675 g/mol. The normalized spacial score (nSPS) is 14.4. The summed E-state index contributed by atoms with van der Waals surface area (Å²) in [4.78, 5) is 35.3. The maximum absolute atomic E-state index is 14.3. The van der Waals surface area contributed by atoms with E-state index in [1.54, 1.807) is 41.9 Å². The zero-order valence-corrected chi connectivity index (χ0v) is 28.9. The van der Waals surface area contributed by atoms with E-state index in [0.29, 0.717) is 73.9 Å². The first kappa shape index (κ1) is 33.8. The summed E-state index contributed by atoms with van der Waals surface area (Å²) in [5.74, 6) is 2.02. The second-order valence-electron chi connectivity index (χ2n) is 10.7. The molecule has 9 nitrogen and oxygen atoms in total. The Balaban J connectivity index is 1.63. The summed E-state index contributed by atoms with van der Waals surface area (Å²) in [6.45, 7) is 9.29. The molecule has 47 heavy (non-hydrogen) atoms. The van der Waals surface area contributed by atoms with Gasteiger partial charge in [-0.05, 0) is 75.7 Å². The average Bonchev–Trinajstić information content (AvgIpc) is 3.38. The van der Waals surface area contributed by atoms with Crippen molar-refractivity contribution >= 4 is 34.9 Å². The Morgan fingerprint density at radius 3 is 2.40 bits per heavy atom. The van der Waals surface area contributed by atoms with Crippen LogP contribution in [0.4, 0.5) is 0 Å². The molecular formula is C36H38ClN3O6S. The Hall–Kier alpha value is -4.54. The number of allylic oxidation sites excluding steroid dienone is 1. The van der Waals surface area contributed by atoms with Gasteiger partial charge in [0.15, 0.2) is 16.3 Å². The highest BCUT2D eigenvalue weighted by molar-refractivity contribution is 7.07. The average molecular weight is 676 g/mol. The SMILES string of the molecule is CCOc1cc(/C=c2/sc3n(c2=O)[C@H](c2cc(OC)ccc2OC)C(C(=O)N(CC)CC)=C(C)N=3)ccc1OCc1ccccc1Cl. The van der Waals surface area contributed by atoms with Crippen molar-refractivity contribution in [2.24, 2.45) is 4.99 Å². The van der Waals surface area contributed by atoms with Crippen molar-refractivity contribution in [3.8, 4) is 23.0 Å². The molecule has 1 aromatic heterocycles. The number of ether oxygens (including phenoxy) is 4. The molecule has 0 saturated carbocycles. The third kappa shape index (κ3) is 6.94. The van der Waals surface area contributed by atoms with Gasteiger partial charge >= 0.3 is 0 Å². The van der Waals surface area contributed by atoms with Crippen molar-refractivity contribution in [1.82, 2.24) is 9.47 Å². The van der Waals surface area contributed by atoms with Crippen LogP contribution >= 0.6 is 22.9 Å². The van der Waals surface area contributed by atoms with Crippen molar-refractivity contribution in [3.63, 3.8) is 0 Å². The molecule has 0 saturated heterocycles. The van der Waals surface area contributed by atoms with Gasteiger partial charge in [-0.2, -0.15) is 0 Å². The maximum atomic E-state index is 14.3. The summed E-state index contributed by atoms with van der Waals surface area (Å²) >= 11 is 7.58. The molecule has 0 N–H and O–H groups in total. The Bertz CT molecular complexity index is 2000. The first-order valence-corrected chi connectivity index (χ1v) is 16.6. The van der Waals surface area contributed by atoms with E-state index in [-0.39, 0.29) is 18.1 Å². The summed E-state index contributed by atoms with van der Waals surface area (Å²) in [5, 5.41) is 0.625. The smallest absolute Gasteiger partial charge is 0.271 e. The highest BCUT2D eigenvalue weighted by Crippen LogP contribution is 2.38. The summed E-state index contributed by atoms with van der Waals surface area (Å²) in [7, 11) is 3.14. The Morgan fingerprint density at radius 2 is 1.72 bits per heavy atom. The third-order valence-electron chi connectivity index (χ3n) is 7.94. The lowest BCUT2D eigenvalue weighted by atomic mass is 9.93. The number of hydrogen-bond acceptors (Lipinski definition) is 8. The summed E-state index contributed by atoms with van der Waals surface area (Å²) in [5.41, 5.74) is 2.91. The molecule has 4 aromatic rings. The van der Waals surface area contributed by atoms with Crippen molar-refractivity contribution in [1.29, 1.82) is 0 Å². The van der Waals surface area contributed by atoms with Gasteiger partial charge in [-0.3, -0.25) is 14.2 Å². The van der Waals surface area contributed by atoms with E-state index < -0.39 is 6.04 Å². The fraction of sp³-hybridized carbons (Fsp3) is 0.306. The van der Waals surface area contributed by atoms with Gasteiger partial charge in [0.2, 0.25) is 0 Å². The highest BCUT2D eigenvalue weighted by Gasteiger charge is 2.36. The van der Waals surface area contributed by atoms with Crippen molar-refractivity contribution in [3.05, 3.63) is 113 Å². The number of amides is 1. The van der Waals surface area contributed by atoms with Crippen LogP contribution in [0.3, 0.4) is 0 Å². The van der Waals surface area contributed by atoms with Gasteiger partial charge < -0.3 is 23.8 Å². The highest BCUT2D eigenvalue weighted by atomic mass is 35.5. The molecule has 1 amide bonds. The van der Waals surface area contributed by atoms with E-state index in [1.165, 1.54) is 11.3 Å². The topological polar surface area (TPSA) is 91.6 Å².